The van der Waals surface area contributed by atoms with E-state index in [2.05, 4.69) is 21.7 Å². The topological polar surface area (TPSA) is 90.3 Å². The summed E-state index contributed by atoms with van der Waals surface area (Å²) in [5, 5.41) is 15.9. The third-order valence-corrected chi connectivity index (χ3v) is 7.01. The van der Waals surface area contributed by atoms with Gasteiger partial charge in [0.2, 0.25) is 5.91 Å². The smallest absolute Gasteiger partial charge is 0.378 e. The van der Waals surface area contributed by atoms with E-state index in [1.807, 2.05) is 0 Å². The highest BCUT2D eigenvalue weighted by atomic mass is 19.4. The van der Waals surface area contributed by atoms with Gasteiger partial charge in [-0.2, -0.15) is 18.4 Å². The summed E-state index contributed by atoms with van der Waals surface area (Å²) in [5.41, 5.74) is -2.26. The zero-order valence-electron chi connectivity index (χ0n) is 17.2. The van der Waals surface area contributed by atoms with E-state index in [-0.39, 0.29) is 32.1 Å². The number of fused-ring (bicyclic) bond motifs is 2. The molecule has 2 N–H and O–H groups in total. The molecule has 1 amide bonds. The van der Waals surface area contributed by atoms with Crippen molar-refractivity contribution in [2.75, 3.05) is 44.3 Å². The number of pyridine rings is 1. The second-order valence-corrected chi connectivity index (χ2v) is 8.77. The van der Waals surface area contributed by atoms with E-state index < -0.39 is 22.9 Å². The van der Waals surface area contributed by atoms with Crippen molar-refractivity contribution in [1.82, 2.24) is 15.6 Å². The molecule has 3 fully saturated rings. The lowest BCUT2D eigenvalue weighted by atomic mass is 9.94. The van der Waals surface area contributed by atoms with Crippen LogP contribution in [0.15, 0.2) is 30.5 Å². The monoisotopic (exact) mass is 445 g/mol. The van der Waals surface area contributed by atoms with E-state index in [4.69, 9.17) is 4.74 Å². The molecular weight excluding hydrogens is 423 g/mol. The molecule has 0 bridgehead atoms. The molecule has 3 atom stereocenters. The zero-order valence-corrected chi connectivity index (χ0v) is 17.2. The lowest BCUT2D eigenvalue weighted by Gasteiger charge is -2.26. The molecule has 1 saturated carbocycles. The molecule has 5 rings (SSSR count). The zero-order chi connectivity index (χ0) is 22.6. The van der Waals surface area contributed by atoms with Gasteiger partial charge >= 0.3 is 6.18 Å². The van der Waals surface area contributed by atoms with Gasteiger partial charge in [-0.05, 0) is 30.7 Å². The number of benzene rings is 1. The van der Waals surface area contributed by atoms with Gasteiger partial charge in [-0.3, -0.25) is 9.78 Å². The highest BCUT2D eigenvalue weighted by Gasteiger charge is 2.86. The Labute approximate surface area is 182 Å². The molecule has 2 unspecified atom stereocenters. The molecule has 10 heteroatoms. The molecule has 3 aliphatic rings. The van der Waals surface area contributed by atoms with Gasteiger partial charge in [-0.15, -0.1) is 0 Å². The first kappa shape index (κ1) is 21.0. The van der Waals surface area contributed by atoms with E-state index in [9.17, 15) is 23.2 Å². The number of carbonyl (C=O) groups excluding carboxylic acids is 1. The molecule has 7 nitrogen and oxygen atoms in total. The van der Waals surface area contributed by atoms with Crippen LogP contribution in [0.2, 0.25) is 0 Å². The normalized spacial score (nSPS) is 29.4. The first-order valence-electron chi connectivity index (χ1n) is 10.5. The maximum Gasteiger partial charge on any atom is 0.397 e. The van der Waals surface area contributed by atoms with Crippen molar-refractivity contribution in [3.63, 3.8) is 0 Å². The van der Waals surface area contributed by atoms with Crippen molar-refractivity contribution in [2.45, 2.75) is 18.6 Å². The maximum atomic E-state index is 14.2. The Hall–Kier alpha value is -2.90. The number of carbonyl (C=O) groups is 1. The fourth-order valence-electron chi connectivity index (χ4n) is 5.25. The molecule has 2 aromatic rings. The Kier molecular flexibility index (Phi) is 4.80. The number of anilines is 1. The summed E-state index contributed by atoms with van der Waals surface area (Å²) in [6.45, 7) is 1.51. The third-order valence-electron chi connectivity index (χ3n) is 7.01. The second-order valence-electron chi connectivity index (χ2n) is 8.77. The number of aromatic nitrogens is 1. The van der Waals surface area contributed by atoms with Crippen molar-refractivity contribution in [1.29, 1.82) is 5.26 Å². The minimum absolute atomic E-state index is 0.0389. The molecular formula is C22H22F3N5O2. The van der Waals surface area contributed by atoms with Crippen LogP contribution >= 0.6 is 0 Å². The predicted molar refractivity (Wildman–Crippen MR) is 110 cm³/mol. The van der Waals surface area contributed by atoms with Gasteiger partial charge in [0.05, 0.1) is 29.7 Å². The number of piperidine rings is 1. The summed E-state index contributed by atoms with van der Waals surface area (Å²) in [6, 6.07) is 8.59. The molecule has 32 heavy (non-hydrogen) atoms. The molecule has 1 aromatic carbocycles. The Bertz CT molecular complexity index is 1110. The van der Waals surface area contributed by atoms with Crippen molar-refractivity contribution in [2.24, 2.45) is 10.8 Å². The highest BCUT2D eigenvalue weighted by Crippen LogP contribution is 2.75. The van der Waals surface area contributed by atoms with Gasteiger partial charge in [0.15, 0.2) is 0 Å². The van der Waals surface area contributed by atoms with E-state index in [0.717, 1.165) is 0 Å². The van der Waals surface area contributed by atoms with Gasteiger partial charge in [0.1, 0.15) is 11.5 Å². The van der Waals surface area contributed by atoms with Gasteiger partial charge in [0.25, 0.3) is 0 Å². The summed E-state index contributed by atoms with van der Waals surface area (Å²) in [5.74, 6) is -0.569. The molecule has 1 aromatic heterocycles. The van der Waals surface area contributed by atoms with Crippen LogP contribution in [0, 0.1) is 22.2 Å². The van der Waals surface area contributed by atoms with Gasteiger partial charge in [-0.1, -0.05) is 0 Å². The molecule has 168 valence electrons. The fourth-order valence-corrected chi connectivity index (χ4v) is 5.25. The van der Waals surface area contributed by atoms with Crippen LogP contribution in [0.4, 0.5) is 18.9 Å². The van der Waals surface area contributed by atoms with Crippen LogP contribution in [0.3, 0.4) is 0 Å². The summed E-state index contributed by atoms with van der Waals surface area (Å²) >= 11 is 0. The Morgan fingerprint density at radius 1 is 1.38 bits per heavy atom. The number of rotatable bonds is 4. The largest absolute Gasteiger partial charge is 0.397 e. The van der Waals surface area contributed by atoms with E-state index in [1.165, 1.54) is 0 Å². The van der Waals surface area contributed by atoms with Crippen LogP contribution in [0.1, 0.15) is 12.0 Å². The van der Waals surface area contributed by atoms with Gasteiger partial charge in [0, 0.05) is 49.5 Å². The molecule has 0 radical (unpaired) electrons. The van der Waals surface area contributed by atoms with Gasteiger partial charge < -0.3 is 20.3 Å². The Morgan fingerprint density at radius 3 is 2.94 bits per heavy atom. The van der Waals surface area contributed by atoms with Crippen molar-refractivity contribution in [3.8, 4) is 6.07 Å². The number of hydrogen-bond acceptors (Lipinski definition) is 6. The average Bonchev–Trinajstić information content (AvgIpc) is 3.35. The summed E-state index contributed by atoms with van der Waals surface area (Å²) < 4.78 is 48.0. The number of morpholine rings is 1. The first-order valence-corrected chi connectivity index (χ1v) is 10.5. The lowest BCUT2D eigenvalue weighted by molar-refractivity contribution is -0.191. The summed E-state index contributed by atoms with van der Waals surface area (Å²) in [7, 11) is 0. The van der Waals surface area contributed by atoms with Crippen molar-refractivity contribution in [3.05, 3.63) is 36.0 Å². The summed E-state index contributed by atoms with van der Waals surface area (Å²) in [6.07, 6.45) is -3.18. The lowest BCUT2D eigenvalue weighted by Crippen LogP contribution is -2.50. The number of alkyl halides is 3. The van der Waals surface area contributed by atoms with E-state index in [1.54, 1.807) is 35.4 Å². The van der Waals surface area contributed by atoms with Crippen LogP contribution < -0.4 is 15.5 Å². The quantitative estimate of drug-likeness (QED) is 0.748. The fraction of sp³-hybridized carbons (Fsp3) is 0.500. The number of nitriles is 1. The number of hydrogen-bond donors (Lipinski definition) is 2. The highest BCUT2D eigenvalue weighted by molar-refractivity contribution is 5.97. The molecule has 2 saturated heterocycles. The van der Waals surface area contributed by atoms with Crippen LogP contribution in [0.5, 0.6) is 0 Å². The van der Waals surface area contributed by atoms with E-state index >= 15 is 0 Å². The predicted octanol–water partition coefficient (Wildman–Crippen LogP) is 1.97. The number of nitrogens with zero attached hydrogens (tertiary/aromatic N) is 3. The van der Waals surface area contributed by atoms with Crippen molar-refractivity contribution >= 4 is 22.5 Å². The number of halogens is 3. The molecule has 1 aliphatic carbocycles. The Balaban J connectivity index is 1.44. The molecule has 0 spiro atoms. The minimum atomic E-state index is -4.51. The number of ether oxygens (including phenoxy) is 1. The van der Waals surface area contributed by atoms with Crippen LogP contribution in [-0.2, 0) is 9.53 Å². The maximum absolute atomic E-state index is 14.2. The Morgan fingerprint density at radius 2 is 2.22 bits per heavy atom. The van der Waals surface area contributed by atoms with Crippen LogP contribution in [0.25, 0.3) is 10.9 Å². The van der Waals surface area contributed by atoms with Gasteiger partial charge in [-0.25, -0.2) is 0 Å². The van der Waals surface area contributed by atoms with E-state index in [0.29, 0.717) is 41.9 Å². The second kappa shape index (κ2) is 7.32. The standard InChI is InChI=1S/C22H22F3N5O2/c23-22(24,25)21-11-20(21,19(31)29-9-15-10-32-7-6-27-15)12-30(13-21)17-4-3-14(8-26)18-16(17)2-1-5-28-18/h1-5,15,27H,6-7,9-13H2,(H,29,31)/t15-,20?,21?/m0/s1. The average molecular weight is 445 g/mol. The summed E-state index contributed by atoms with van der Waals surface area (Å²) in [4.78, 5) is 18.9. The number of amides is 1. The molecule has 3 heterocycles. The first-order chi connectivity index (χ1) is 15.3. The third kappa shape index (κ3) is 3.03. The SMILES string of the molecule is N#Cc1ccc(N2CC3(C(=O)NC[C@H]4COCCN4)CC3(C(F)(F)F)C2)c2cccnc12. The van der Waals surface area contributed by atoms with Crippen molar-refractivity contribution < 1.29 is 22.7 Å². The number of nitrogens with one attached hydrogen (secondary N) is 2. The van der Waals surface area contributed by atoms with Crippen LogP contribution in [-0.4, -0.2) is 62.5 Å². The molecule has 2 aliphatic heterocycles. The minimum Gasteiger partial charge on any atom is -0.378 e.